The predicted molar refractivity (Wildman–Crippen MR) is 79.0 cm³/mol. The largest absolute Gasteiger partial charge is 0.386 e. The highest BCUT2D eigenvalue weighted by molar-refractivity contribution is 5.96. The minimum Gasteiger partial charge on any atom is -0.386 e. The van der Waals surface area contributed by atoms with E-state index in [1.165, 1.54) is 5.39 Å². The summed E-state index contributed by atoms with van der Waals surface area (Å²) >= 11 is 0. The number of rotatable bonds is 2. The smallest absolute Gasteiger partial charge is 0.0846 e. The van der Waals surface area contributed by atoms with Gasteiger partial charge in [-0.1, -0.05) is 42.5 Å². The van der Waals surface area contributed by atoms with Gasteiger partial charge in [-0.3, -0.25) is 0 Å². The lowest BCUT2D eigenvalue weighted by atomic mass is 9.89. The van der Waals surface area contributed by atoms with Crippen LogP contribution in [0.15, 0.2) is 54.7 Å². The second-order valence-electron chi connectivity index (χ2n) is 5.35. The maximum Gasteiger partial charge on any atom is 0.0846 e. The Morgan fingerprint density at radius 3 is 2.37 bits per heavy atom. The lowest BCUT2D eigenvalue weighted by molar-refractivity contribution is 0.0792. The maximum absolute atomic E-state index is 10.3. The Hall–Kier alpha value is -2.06. The Morgan fingerprint density at radius 2 is 1.58 bits per heavy atom. The number of nitrogens with one attached hydrogen (secondary N) is 1. The van der Waals surface area contributed by atoms with E-state index in [0.29, 0.717) is 0 Å². The van der Waals surface area contributed by atoms with Crippen molar-refractivity contribution >= 4 is 10.9 Å². The molecule has 0 aliphatic carbocycles. The van der Waals surface area contributed by atoms with Gasteiger partial charge in [0.2, 0.25) is 0 Å². The second kappa shape index (κ2) is 4.25. The lowest BCUT2D eigenvalue weighted by Gasteiger charge is -2.21. The van der Waals surface area contributed by atoms with E-state index >= 15 is 0 Å². The van der Waals surface area contributed by atoms with Crippen molar-refractivity contribution in [1.29, 1.82) is 0 Å². The zero-order chi connectivity index (χ0) is 13.5. The fourth-order valence-electron chi connectivity index (χ4n) is 2.55. The van der Waals surface area contributed by atoms with Crippen LogP contribution in [0.2, 0.25) is 0 Å². The number of hydrogen-bond acceptors (Lipinski definition) is 1. The van der Waals surface area contributed by atoms with Crippen LogP contribution < -0.4 is 0 Å². The first-order chi connectivity index (χ1) is 9.07. The molecule has 2 aromatic carbocycles. The number of para-hydroxylation sites is 1. The van der Waals surface area contributed by atoms with Gasteiger partial charge >= 0.3 is 0 Å². The third-order valence-corrected chi connectivity index (χ3v) is 3.47. The molecule has 0 atom stereocenters. The molecule has 19 heavy (non-hydrogen) atoms. The van der Waals surface area contributed by atoms with Crippen molar-refractivity contribution in [3.63, 3.8) is 0 Å². The topological polar surface area (TPSA) is 36.0 Å². The molecule has 2 N–H and O–H groups in total. The fourth-order valence-corrected chi connectivity index (χ4v) is 2.55. The summed E-state index contributed by atoms with van der Waals surface area (Å²) in [7, 11) is 0. The van der Waals surface area contributed by atoms with Crippen LogP contribution in [0.25, 0.3) is 22.0 Å². The highest BCUT2D eigenvalue weighted by Gasteiger charge is 2.21. The molecule has 1 aromatic heterocycles. The molecule has 0 unspecified atom stereocenters. The normalized spacial score (nSPS) is 11.9. The molecule has 96 valence electrons. The van der Waals surface area contributed by atoms with Gasteiger partial charge in [-0.25, -0.2) is 0 Å². The molecule has 2 nitrogen and oxygen atoms in total. The van der Waals surface area contributed by atoms with E-state index in [4.69, 9.17) is 0 Å². The molecule has 0 bridgehead atoms. The van der Waals surface area contributed by atoms with Gasteiger partial charge in [-0.05, 0) is 31.0 Å². The van der Waals surface area contributed by atoms with E-state index in [9.17, 15) is 5.11 Å². The summed E-state index contributed by atoms with van der Waals surface area (Å²) in [5.41, 5.74) is 3.41. The van der Waals surface area contributed by atoms with E-state index in [1.54, 1.807) is 0 Å². The molecule has 0 saturated heterocycles. The molecule has 0 amide bonds. The van der Waals surface area contributed by atoms with Crippen molar-refractivity contribution in [1.82, 2.24) is 4.98 Å². The van der Waals surface area contributed by atoms with Crippen LogP contribution in [-0.2, 0) is 5.60 Å². The van der Waals surface area contributed by atoms with Crippen LogP contribution in [0.4, 0.5) is 0 Å². The van der Waals surface area contributed by atoms with E-state index in [0.717, 1.165) is 22.2 Å². The molecule has 3 aromatic rings. The van der Waals surface area contributed by atoms with Crippen LogP contribution in [0.5, 0.6) is 0 Å². The van der Waals surface area contributed by atoms with Crippen LogP contribution in [0.3, 0.4) is 0 Å². The molecule has 2 heteroatoms. The van der Waals surface area contributed by atoms with Crippen molar-refractivity contribution < 1.29 is 5.11 Å². The number of benzene rings is 2. The van der Waals surface area contributed by atoms with Gasteiger partial charge in [-0.2, -0.15) is 0 Å². The quantitative estimate of drug-likeness (QED) is 0.708. The first-order valence-corrected chi connectivity index (χ1v) is 6.46. The third-order valence-electron chi connectivity index (χ3n) is 3.47. The number of aromatic nitrogens is 1. The van der Waals surface area contributed by atoms with Gasteiger partial charge in [0, 0.05) is 22.7 Å². The van der Waals surface area contributed by atoms with Crippen LogP contribution in [0, 0.1) is 0 Å². The average molecular weight is 251 g/mol. The van der Waals surface area contributed by atoms with Crippen molar-refractivity contribution in [3.8, 4) is 11.1 Å². The molecule has 0 saturated carbocycles. The zero-order valence-electron chi connectivity index (χ0n) is 11.1. The van der Waals surface area contributed by atoms with Gasteiger partial charge in [0.05, 0.1) is 5.60 Å². The van der Waals surface area contributed by atoms with Crippen molar-refractivity contribution in [2.45, 2.75) is 19.4 Å². The minimum atomic E-state index is -0.852. The van der Waals surface area contributed by atoms with Gasteiger partial charge in [-0.15, -0.1) is 0 Å². The summed E-state index contributed by atoms with van der Waals surface area (Å²) < 4.78 is 0. The number of aliphatic hydroxyl groups is 1. The predicted octanol–water partition coefficient (Wildman–Crippen LogP) is 4.06. The lowest BCUT2D eigenvalue weighted by Crippen LogP contribution is -2.16. The average Bonchev–Trinajstić information content (AvgIpc) is 2.81. The molecular formula is C17H17NO. The molecular weight excluding hydrogens is 234 g/mol. The number of H-pyrrole nitrogens is 1. The van der Waals surface area contributed by atoms with Gasteiger partial charge in [0.25, 0.3) is 0 Å². The second-order valence-corrected chi connectivity index (χ2v) is 5.35. The minimum absolute atomic E-state index is 0.852. The van der Waals surface area contributed by atoms with Crippen LogP contribution in [0.1, 0.15) is 19.4 Å². The summed E-state index contributed by atoms with van der Waals surface area (Å²) in [5.74, 6) is 0. The Morgan fingerprint density at radius 1 is 0.895 bits per heavy atom. The Bertz CT molecular complexity index is 719. The Kier molecular flexibility index (Phi) is 2.68. The summed E-state index contributed by atoms with van der Waals surface area (Å²) in [6, 6.07) is 16.2. The Balaban J connectivity index is 2.28. The monoisotopic (exact) mass is 251 g/mol. The molecule has 0 aliphatic heterocycles. The SMILES string of the molecule is CC(C)(O)c1ccccc1-c1c[nH]c2ccccc12. The number of fused-ring (bicyclic) bond motifs is 1. The molecule has 1 heterocycles. The standard InChI is InChI=1S/C17H17NO/c1-17(2,19)15-9-5-3-7-12(15)14-11-18-16-10-6-4-8-13(14)16/h3-11,18-19H,1-2H3. The third kappa shape index (κ3) is 2.04. The van der Waals surface area contributed by atoms with Crippen molar-refractivity contribution in [3.05, 3.63) is 60.3 Å². The molecule has 3 rings (SSSR count). The zero-order valence-corrected chi connectivity index (χ0v) is 11.1. The number of hydrogen-bond donors (Lipinski definition) is 2. The maximum atomic E-state index is 10.3. The summed E-state index contributed by atoms with van der Waals surface area (Å²) in [4.78, 5) is 3.28. The van der Waals surface area contributed by atoms with E-state index in [2.05, 4.69) is 23.2 Å². The summed E-state index contributed by atoms with van der Waals surface area (Å²) in [6.07, 6.45) is 2.01. The fraction of sp³-hybridized carbons (Fsp3) is 0.176. The highest BCUT2D eigenvalue weighted by atomic mass is 16.3. The van der Waals surface area contributed by atoms with Gasteiger partial charge in [0.1, 0.15) is 0 Å². The summed E-state index contributed by atoms with van der Waals surface area (Å²) in [5, 5.41) is 11.5. The molecule has 0 spiro atoms. The van der Waals surface area contributed by atoms with Crippen LogP contribution >= 0.6 is 0 Å². The number of aromatic amines is 1. The molecule has 0 aliphatic rings. The Labute approximate surface area is 112 Å². The van der Waals surface area contributed by atoms with Gasteiger partial charge in [0.15, 0.2) is 0 Å². The van der Waals surface area contributed by atoms with Gasteiger partial charge < -0.3 is 10.1 Å². The first-order valence-electron chi connectivity index (χ1n) is 6.46. The van der Waals surface area contributed by atoms with E-state index < -0.39 is 5.60 Å². The van der Waals surface area contributed by atoms with E-state index in [-0.39, 0.29) is 0 Å². The van der Waals surface area contributed by atoms with Crippen LogP contribution in [-0.4, -0.2) is 10.1 Å². The van der Waals surface area contributed by atoms with Crippen molar-refractivity contribution in [2.24, 2.45) is 0 Å². The molecule has 0 fully saturated rings. The summed E-state index contributed by atoms with van der Waals surface area (Å²) in [6.45, 7) is 3.64. The van der Waals surface area contributed by atoms with Crippen molar-refractivity contribution in [2.75, 3.05) is 0 Å². The first kappa shape index (κ1) is 12.0. The van der Waals surface area contributed by atoms with E-state index in [1.807, 2.05) is 50.4 Å². The molecule has 0 radical (unpaired) electrons. The highest BCUT2D eigenvalue weighted by Crippen LogP contribution is 2.35.